The first-order valence-corrected chi connectivity index (χ1v) is 11.6. The first kappa shape index (κ1) is 20.0. The largest absolute Gasteiger partial charge is 0.462 e. The predicted molar refractivity (Wildman–Crippen MR) is 116 cm³/mol. The van der Waals surface area contributed by atoms with E-state index in [1.807, 2.05) is 12.1 Å². The zero-order valence-corrected chi connectivity index (χ0v) is 18.2. The van der Waals surface area contributed by atoms with E-state index in [9.17, 15) is 9.18 Å². The Kier molecular flexibility index (Phi) is 5.12. The molecule has 4 atom stereocenters. The van der Waals surface area contributed by atoms with Crippen molar-refractivity contribution < 1.29 is 13.9 Å². The van der Waals surface area contributed by atoms with Gasteiger partial charge >= 0.3 is 5.97 Å². The zero-order valence-electron chi connectivity index (χ0n) is 18.2. The number of rotatable bonds is 3. The maximum atomic E-state index is 14.1. The number of fused-ring (bicyclic) bond motifs is 2. The molecule has 30 heavy (non-hydrogen) atoms. The van der Waals surface area contributed by atoms with E-state index < -0.39 is 0 Å². The van der Waals surface area contributed by atoms with E-state index >= 15 is 0 Å². The SMILES string of the molecule is CC1=C2C[C@H]3[C@H](CN4CCN(c5ccccc5F)CC4)C(=O)O[C@@H]3C[C@@]2(C)CCC1. The quantitative estimate of drug-likeness (QED) is 0.544. The highest BCUT2D eigenvalue weighted by Crippen LogP contribution is 2.55. The maximum Gasteiger partial charge on any atom is 0.310 e. The van der Waals surface area contributed by atoms with Crippen molar-refractivity contribution in [3.05, 3.63) is 41.2 Å². The lowest BCUT2D eigenvalue weighted by Crippen LogP contribution is -2.49. The summed E-state index contributed by atoms with van der Waals surface area (Å²) in [6.45, 7) is 8.74. The third-order valence-corrected chi connectivity index (χ3v) is 8.20. The molecule has 0 N–H and O–H groups in total. The number of hydrogen-bond donors (Lipinski definition) is 0. The number of esters is 1. The van der Waals surface area contributed by atoms with Crippen molar-refractivity contribution in [2.45, 2.75) is 52.1 Å². The molecule has 5 rings (SSSR count). The van der Waals surface area contributed by atoms with Gasteiger partial charge in [0, 0.05) is 38.6 Å². The third kappa shape index (κ3) is 3.45. The summed E-state index contributed by atoms with van der Waals surface area (Å²) in [6.07, 6.45) is 5.80. The molecule has 0 amide bonds. The number of hydrogen-bond acceptors (Lipinski definition) is 4. The van der Waals surface area contributed by atoms with Crippen LogP contribution in [0.5, 0.6) is 0 Å². The van der Waals surface area contributed by atoms with Crippen molar-refractivity contribution in [3.63, 3.8) is 0 Å². The van der Waals surface area contributed by atoms with E-state index in [-0.39, 0.29) is 29.2 Å². The summed E-state index contributed by atoms with van der Waals surface area (Å²) >= 11 is 0. The Morgan fingerprint density at radius 2 is 1.97 bits per heavy atom. The van der Waals surface area contributed by atoms with Gasteiger partial charge in [0.2, 0.25) is 0 Å². The Hall–Kier alpha value is -1.88. The number of carbonyl (C=O) groups is 1. The number of carbonyl (C=O) groups excluding carboxylic acids is 1. The zero-order chi connectivity index (χ0) is 20.9. The van der Waals surface area contributed by atoms with Gasteiger partial charge < -0.3 is 9.64 Å². The Morgan fingerprint density at radius 3 is 2.73 bits per heavy atom. The molecule has 2 aliphatic heterocycles. The van der Waals surface area contributed by atoms with Crippen molar-refractivity contribution in [2.24, 2.45) is 17.3 Å². The van der Waals surface area contributed by atoms with Gasteiger partial charge in [-0.25, -0.2) is 4.39 Å². The lowest BCUT2D eigenvalue weighted by atomic mass is 9.59. The maximum absolute atomic E-state index is 14.1. The van der Waals surface area contributed by atoms with Crippen molar-refractivity contribution in [1.82, 2.24) is 4.90 Å². The minimum atomic E-state index is -0.158. The van der Waals surface area contributed by atoms with Crippen LogP contribution in [0.15, 0.2) is 35.4 Å². The van der Waals surface area contributed by atoms with Gasteiger partial charge in [0.25, 0.3) is 0 Å². The van der Waals surface area contributed by atoms with E-state index in [2.05, 4.69) is 23.6 Å². The van der Waals surface area contributed by atoms with Gasteiger partial charge in [0.05, 0.1) is 11.6 Å². The lowest BCUT2D eigenvalue weighted by Gasteiger charge is -2.46. The first-order chi connectivity index (χ1) is 14.4. The molecule has 1 saturated carbocycles. The van der Waals surface area contributed by atoms with Gasteiger partial charge in [-0.1, -0.05) is 30.2 Å². The normalized spacial score (nSPS) is 34.6. The summed E-state index contributed by atoms with van der Waals surface area (Å²) in [5, 5.41) is 0. The molecular weight excluding hydrogens is 379 g/mol. The molecule has 2 saturated heterocycles. The summed E-state index contributed by atoms with van der Waals surface area (Å²) in [5.41, 5.74) is 4.08. The van der Waals surface area contributed by atoms with E-state index in [1.165, 1.54) is 25.3 Å². The fourth-order valence-electron chi connectivity index (χ4n) is 6.48. The van der Waals surface area contributed by atoms with Crippen LogP contribution >= 0.6 is 0 Å². The molecular formula is C25H33FN2O2. The second kappa shape index (κ2) is 7.67. The molecule has 0 unspecified atom stereocenters. The van der Waals surface area contributed by atoms with Gasteiger partial charge in [-0.2, -0.15) is 0 Å². The fourth-order valence-corrected chi connectivity index (χ4v) is 6.48. The highest BCUT2D eigenvalue weighted by Gasteiger charge is 2.53. The number of piperazine rings is 1. The van der Waals surface area contributed by atoms with Gasteiger partial charge in [0.1, 0.15) is 11.9 Å². The summed E-state index contributed by atoms with van der Waals surface area (Å²) in [7, 11) is 0. The van der Waals surface area contributed by atoms with Crippen molar-refractivity contribution in [3.8, 4) is 0 Å². The van der Waals surface area contributed by atoms with Gasteiger partial charge in [0.15, 0.2) is 0 Å². The van der Waals surface area contributed by atoms with Crippen molar-refractivity contribution >= 4 is 11.7 Å². The Morgan fingerprint density at radius 1 is 1.20 bits per heavy atom. The summed E-state index contributed by atoms with van der Waals surface area (Å²) in [6, 6.07) is 6.99. The molecule has 0 aromatic heterocycles. The number of anilines is 1. The topological polar surface area (TPSA) is 32.8 Å². The minimum absolute atomic E-state index is 0.00188. The molecule has 0 bridgehead atoms. The standard InChI is InChI=1S/C25H33FN2O2/c1-17-6-5-9-25(2)15-23-18(14-20(17)25)19(24(29)30-23)16-27-10-12-28(13-11-27)22-8-4-3-7-21(22)26/h3-4,7-8,18-19,23H,5-6,9-16H2,1-2H3/t18-,19-,23+,25+/m0/s1. The van der Waals surface area contributed by atoms with Crippen LogP contribution in [0.25, 0.3) is 0 Å². The monoisotopic (exact) mass is 412 g/mol. The number of para-hydroxylation sites is 1. The molecule has 1 aromatic carbocycles. The van der Waals surface area contributed by atoms with E-state index in [0.29, 0.717) is 11.6 Å². The molecule has 0 spiro atoms. The molecule has 2 aliphatic carbocycles. The molecule has 5 heteroatoms. The predicted octanol–water partition coefficient (Wildman–Crippen LogP) is 4.41. The van der Waals surface area contributed by atoms with Crippen LogP contribution in [-0.4, -0.2) is 49.7 Å². The summed E-state index contributed by atoms with van der Waals surface area (Å²) < 4.78 is 20.0. The number of nitrogens with zero attached hydrogens (tertiary/aromatic N) is 2. The van der Waals surface area contributed by atoms with Crippen LogP contribution in [0, 0.1) is 23.1 Å². The molecule has 162 valence electrons. The average molecular weight is 413 g/mol. The number of ether oxygens (including phenoxy) is 1. The average Bonchev–Trinajstić information content (AvgIpc) is 3.01. The van der Waals surface area contributed by atoms with E-state index in [1.54, 1.807) is 17.2 Å². The van der Waals surface area contributed by atoms with E-state index in [4.69, 9.17) is 4.74 Å². The second-order valence-electron chi connectivity index (χ2n) is 10.1. The highest BCUT2D eigenvalue weighted by atomic mass is 19.1. The highest BCUT2D eigenvalue weighted by molar-refractivity contribution is 5.76. The molecule has 2 heterocycles. The van der Waals surface area contributed by atoms with Crippen LogP contribution in [-0.2, 0) is 9.53 Å². The smallest absolute Gasteiger partial charge is 0.310 e. The van der Waals surface area contributed by atoms with Crippen molar-refractivity contribution in [2.75, 3.05) is 37.6 Å². The van der Waals surface area contributed by atoms with Crippen molar-refractivity contribution in [1.29, 1.82) is 0 Å². The summed E-state index contributed by atoms with van der Waals surface area (Å²) in [5.74, 6) is 0.136. The van der Waals surface area contributed by atoms with Crippen LogP contribution in [0.4, 0.5) is 10.1 Å². The fraction of sp³-hybridized carbons (Fsp3) is 0.640. The minimum Gasteiger partial charge on any atom is -0.462 e. The number of halogens is 1. The summed E-state index contributed by atoms with van der Waals surface area (Å²) in [4.78, 5) is 17.3. The molecule has 3 fully saturated rings. The van der Waals surface area contributed by atoms with Gasteiger partial charge in [-0.15, -0.1) is 0 Å². The second-order valence-corrected chi connectivity index (χ2v) is 10.1. The first-order valence-electron chi connectivity index (χ1n) is 11.6. The van der Waals surface area contributed by atoms with E-state index in [0.717, 1.165) is 45.6 Å². The number of benzene rings is 1. The lowest BCUT2D eigenvalue weighted by molar-refractivity contribution is -0.145. The van der Waals surface area contributed by atoms with Crippen LogP contribution in [0.1, 0.15) is 46.0 Å². The van der Waals surface area contributed by atoms with Crippen LogP contribution in [0.3, 0.4) is 0 Å². The Balaban J connectivity index is 1.25. The van der Waals surface area contributed by atoms with Crippen LogP contribution in [0.2, 0.25) is 0 Å². The van der Waals surface area contributed by atoms with Gasteiger partial charge in [-0.3, -0.25) is 9.69 Å². The molecule has 0 radical (unpaired) electrons. The van der Waals surface area contributed by atoms with Crippen LogP contribution < -0.4 is 4.90 Å². The molecule has 4 nitrogen and oxygen atoms in total. The molecule has 4 aliphatic rings. The Labute approximate surface area is 179 Å². The Bertz CT molecular complexity index is 860. The third-order valence-electron chi connectivity index (χ3n) is 8.20. The number of allylic oxidation sites excluding steroid dienone is 2. The van der Waals surface area contributed by atoms with Gasteiger partial charge in [-0.05, 0) is 56.6 Å². The molecule has 1 aromatic rings.